The van der Waals surface area contributed by atoms with Gasteiger partial charge in [0, 0.05) is 19.1 Å². The van der Waals surface area contributed by atoms with Crippen LogP contribution in [0.4, 0.5) is 0 Å². The third-order valence-electron chi connectivity index (χ3n) is 3.89. The fraction of sp³-hybridized carbons (Fsp3) is 0.538. The van der Waals surface area contributed by atoms with E-state index in [0.717, 1.165) is 13.1 Å². The maximum absolute atomic E-state index is 13.2. The summed E-state index contributed by atoms with van der Waals surface area (Å²) in [6.07, 6.45) is 0. The molecule has 1 saturated heterocycles. The quantitative estimate of drug-likeness (QED) is 0.787. The molecular weight excluding hydrogens is 245 g/mol. The second-order valence-electron chi connectivity index (χ2n) is 4.94. The molecule has 0 spiro atoms. The Morgan fingerprint density at radius 2 is 1.67 bits per heavy atom. The number of benzene rings is 1. The molecule has 1 atom stereocenters. The monoisotopic (exact) mass is 267 g/mol. The third kappa shape index (κ3) is 2.14. The van der Waals surface area contributed by atoms with E-state index in [1.165, 1.54) is 5.56 Å². The maximum atomic E-state index is 13.2. The Morgan fingerprint density at radius 1 is 1.17 bits per heavy atom. The van der Waals surface area contributed by atoms with E-state index in [-0.39, 0.29) is 6.04 Å². The smallest absolute Gasteiger partial charge is 0.270 e. The first-order chi connectivity index (χ1) is 8.48. The Hall–Kier alpha value is -0.670. The van der Waals surface area contributed by atoms with Crippen LogP contribution in [-0.2, 0) is 4.57 Å². The van der Waals surface area contributed by atoms with Gasteiger partial charge in [0.15, 0.2) is 0 Å². The molecule has 0 aromatic heterocycles. The highest BCUT2D eigenvalue weighted by Gasteiger charge is 2.43. The summed E-state index contributed by atoms with van der Waals surface area (Å²) in [5, 5.41) is 0. The molecular formula is C13H22N3OP. The summed E-state index contributed by atoms with van der Waals surface area (Å²) in [5.41, 5.74) is 1.20. The molecule has 0 amide bonds. The molecule has 18 heavy (non-hydrogen) atoms. The fourth-order valence-electron chi connectivity index (χ4n) is 2.47. The van der Waals surface area contributed by atoms with Gasteiger partial charge < -0.3 is 0 Å². The largest absolute Gasteiger partial charge is 0.286 e. The first-order valence-corrected chi connectivity index (χ1v) is 7.86. The van der Waals surface area contributed by atoms with E-state index in [1.807, 2.05) is 53.4 Å². The SMILES string of the molecule is CC(c1ccccc1)N(C)P1(=O)N(C)CCN1C. The summed E-state index contributed by atoms with van der Waals surface area (Å²) in [6, 6.07) is 10.4. The standard InChI is InChI=1S/C13H22N3OP/c1-12(13-8-6-5-7-9-13)16(4)18(17)14(2)10-11-15(18)3/h5-9,12H,10-11H2,1-4H3. The maximum Gasteiger partial charge on any atom is 0.286 e. The van der Waals surface area contributed by atoms with Gasteiger partial charge in [0.25, 0.3) is 7.59 Å². The van der Waals surface area contributed by atoms with E-state index in [9.17, 15) is 4.57 Å². The van der Waals surface area contributed by atoms with Gasteiger partial charge in [-0.15, -0.1) is 0 Å². The van der Waals surface area contributed by atoms with Crippen molar-refractivity contribution in [3.05, 3.63) is 35.9 Å². The number of likely N-dealkylation sites (N-methyl/N-ethyl adjacent to an activating group) is 2. The number of hydrogen-bond acceptors (Lipinski definition) is 1. The highest BCUT2D eigenvalue weighted by atomic mass is 31.2. The van der Waals surface area contributed by atoms with Crippen LogP contribution >= 0.6 is 7.59 Å². The molecule has 1 heterocycles. The van der Waals surface area contributed by atoms with Crippen molar-refractivity contribution in [1.82, 2.24) is 14.0 Å². The van der Waals surface area contributed by atoms with Gasteiger partial charge >= 0.3 is 0 Å². The molecule has 1 aromatic carbocycles. The molecule has 0 aliphatic carbocycles. The summed E-state index contributed by atoms with van der Waals surface area (Å²) in [6.45, 7) is 3.83. The number of nitrogens with zero attached hydrogens (tertiary/aromatic N) is 3. The summed E-state index contributed by atoms with van der Waals surface area (Å²) < 4.78 is 19.1. The van der Waals surface area contributed by atoms with Crippen LogP contribution in [0.2, 0.25) is 0 Å². The fourth-order valence-corrected chi connectivity index (χ4v) is 5.23. The van der Waals surface area contributed by atoms with Gasteiger partial charge in [-0.1, -0.05) is 30.3 Å². The van der Waals surface area contributed by atoms with E-state index >= 15 is 0 Å². The number of hydrogen-bond donors (Lipinski definition) is 0. The van der Waals surface area contributed by atoms with Crippen LogP contribution in [0.15, 0.2) is 30.3 Å². The lowest BCUT2D eigenvalue weighted by atomic mass is 10.1. The normalized spacial score (nSPS) is 22.5. The zero-order valence-electron chi connectivity index (χ0n) is 11.6. The second-order valence-corrected chi connectivity index (χ2v) is 7.96. The zero-order chi connectivity index (χ0) is 13.3. The van der Waals surface area contributed by atoms with Crippen molar-refractivity contribution in [2.24, 2.45) is 0 Å². The molecule has 0 bridgehead atoms. The first-order valence-electron chi connectivity index (χ1n) is 6.29. The summed E-state index contributed by atoms with van der Waals surface area (Å²) in [5.74, 6) is 0. The van der Waals surface area contributed by atoms with Crippen LogP contribution in [0.1, 0.15) is 18.5 Å². The highest BCUT2D eigenvalue weighted by Crippen LogP contribution is 2.59. The van der Waals surface area contributed by atoms with Crippen LogP contribution < -0.4 is 0 Å². The second kappa shape index (κ2) is 5.14. The Morgan fingerprint density at radius 3 is 2.17 bits per heavy atom. The van der Waals surface area contributed by atoms with Gasteiger partial charge in [0.05, 0.1) is 0 Å². The Labute approximate surface area is 110 Å². The van der Waals surface area contributed by atoms with Crippen molar-refractivity contribution in [3.8, 4) is 0 Å². The average molecular weight is 267 g/mol. The molecule has 5 heteroatoms. The van der Waals surface area contributed by atoms with Crippen LogP contribution in [0, 0.1) is 0 Å². The van der Waals surface area contributed by atoms with Gasteiger partial charge in [-0.2, -0.15) is 0 Å². The number of rotatable bonds is 3. The Balaban J connectivity index is 2.26. The third-order valence-corrected chi connectivity index (χ3v) is 7.24. The molecule has 4 nitrogen and oxygen atoms in total. The molecule has 1 aromatic rings. The molecule has 0 saturated carbocycles. The van der Waals surface area contributed by atoms with Crippen molar-refractivity contribution in [3.63, 3.8) is 0 Å². The molecule has 1 unspecified atom stereocenters. The Kier molecular flexibility index (Phi) is 3.93. The Bertz CT molecular complexity index is 437. The van der Waals surface area contributed by atoms with Gasteiger partial charge in [0.1, 0.15) is 0 Å². The molecule has 2 rings (SSSR count). The predicted molar refractivity (Wildman–Crippen MR) is 75.5 cm³/mol. The van der Waals surface area contributed by atoms with E-state index < -0.39 is 7.59 Å². The van der Waals surface area contributed by atoms with Gasteiger partial charge in [0.2, 0.25) is 0 Å². The molecule has 100 valence electrons. The molecule has 1 aliphatic rings. The lowest BCUT2D eigenvalue weighted by molar-refractivity contribution is 0.338. The topological polar surface area (TPSA) is 26.8 Å². The summed E-state index contributed by atoms with van der Waals surface area (Å²) >= 11 is 0. The molecule has 0 radical (unpaired) electrons. The first kappa shape index (κ1) is 13.8. The van der Waals surface area contributed by atoms with Crippen molar-refractivity contribution in [2.75, 3.05) is 34.2 Å². The van der Waals surface area contributed by atoms with E-state index in [2.05, 4.69) is 19.1 Å². The van der Waals surface area contributed by atoms with Crippen LogP contribution in [-0.4, -0.2) is 48.2 Å². The van der Waals surface area contributed by atoms with E-state index in [1.54, 1.807) is 0 Å². The van der Waals surface area contributed by atoms with Gasteiger partial charge in [-0.05, 0) is 33.6 Å². The minimum Gasteiger partial charge on any atom is -0.270 e. The van der Waals surface area contributed by atoms with Crippen LogP contribution in [0.3, 0.4) is 0 Å². The van der Waals surface area contributed by atoms with Gasteiger partial charge in [-0.3, -0.25) is 4.57 Å². The van der Waals surface area contributed by atoms with Crippen LogP contribution in [0.5, 0.6) is 0 Å². The van der Waals surface area contributed by atoms with Crippen LogP contribution in [0.25, 0.3) is 0 Å². The van der Waals surface area contributed by atoms with Crippen molar-refractivity contribution >= 4 is 7.59 Å². The average Bonchev–Trinajstić information content (AvgIpc) is 2.67. The molecule has 1 aliphatic heterocycles. The van der Waals surface area contributed by atoms with E-state index in [0.29, 0.717) is 0 Å². The molecule has 1 fully saturated rings. The summed E-state index contributed by atoms with van der Waals surface area (Å²) in [7, 11) is 3.28. The zero-order valence-corrected chi connectivity index (χ0v) is 12.5. The minimum absolute atomic E-state index is 0.139. The van der Waals surface area contributed by atoms with E-state index in [4.69, 9.17) is 0 Å². The van der Waals surface area contributed by atoms with Crippen molar-refractivity contribution in [2.45, 2.75) is 13.0 Å². The van der Waals surface area contributed by atoms with Gasteiger partial charge in [-0.25, -0.2) is 14.0 Å². The van der Waals surface area contributed by atoms with Crippen molar-refractivity contribution in [1.29, 1.82) is 0 Å². The summed E-state index contributed by atoms with van der Waals surface area (Å²) in [4.78, 5) is 0. The minimum atomic E-state index is -2.56. The lowest BCUT2D eigenvalue weighted by Crippen LogP contribution is -2.30. The predicted octanol–water partition coefficient (Wildman–Crippen LogP) is 2.66. The van der Waals surface area contributed by atoms with Crippen molar-refractivity contribution < 1.29 is 4.57 Å². The lowest BCUT2D eigenvalue weighted by Gasteiger charge is -2.37. The highest BCUT2D eigenvalue weighted by molar-refractivity contribution is 7.56. The molecule has 0 N–H and O–H groups in total.